The Kier molecular flexibility index (Phi) is 5.53. The standard InChI is InChI=1S/C12H11BrF3NO2/c13-7-10(18)9-3-1-8(2-4-9)5-6-17-11(19)12(14,15)16/h1-4H,5-7H2,(H,17,19). The minimum Gasteiger partial charge on any atom is -0.348 e. The molecule has 0 aliphatic rings. The lowest BCUT2D eigenvalue weighted by molar-refractivity contribution is -0.173. The van der Waals surface area contributed by atoms with E-state index in [0.717, 1.165) is 5.56 Å². The van der Waals surface area contributed by atoms with Gasteiger partial charge in [-0.2, -0.15) is 13.2 Å². The fourth-order valence-corrected chi connectivity index (χ4v) is 1.68. The molecule has 1 amide bonds. The third kappa shape index (κ3) is 5.02. The van der Waals surface area contributed by atoms with Crippen LogP contribution >= 0.6 is 15.9 Å². The normalized spacial score (nSPS) is 11.2. The lowest BCUT2D eigenvalue weighted by Crippen LogP contribution is -2.37. The van der Waals surface area contributed by atoms with Gasteiger partial charge < -0.3 is 5.32 Å². The van der Waals surface area contributed by atoms with Crippen molar-refractivity contribution < 1.29 is 22.8 Å². The van der Waals surface area contributed by atoms with Crippen molar-refractivity contribution >= 4 is 27.6 Å². The molecule has 0 saturated carbocycles. The van der Waals surface area contributed by atoms with E-state index in [9.17, 15) is 22.8 Å². The number of nitrogens with one attached hydrogen (secondary N) is 1. The Labute approximate surface area is 116 Å². The summed E-state index contributed by atoms with van der Waals surface area (Å²) in [6.45, 7) is -0.107. The number of ketones is 1. The van der Waals surface area contributed by atoms with E-state index in [4.69, 9.17) is 0 Å². The SMILES string of the molecule is O=C(CBr)c1ccc(CCNC(=O)C(F)(F)F)cc1. The van der Waals surface area contributed by atoms with E-state index in [1.807, 2.05) is 0 Å². The molecular weight excluding hydrogens is 327 g/mol. The highest BCUT2D eigenvalue weighted by atomic mass is 79.9. The Balaban J connectivity index is 2.47. The van der Waals surface area contributed by atoms with E-state index < -0.39 is 12.1 Å². The minimum atomic E-state index is -4.86. The molecule has 0 aliphatic carbocycles. The predicted octanol–water partition coefficient (Wildman–Crippen LogP) is 2.49. The number of amides is 1. The summed E-state index contributed by atoms with van der Waals surface area (Å²) in [5.41, 5.74) is 1.27. The van der Waals surface area contributed by atoms with Crippen LogP contribution in [-0.2, 0) is 11.2 Å². The molecule has 0 heterocycles. The average Bonchev–Trinajstić information content (AvgIpc) is 2.37. The van der Waals surface area contributed by atoms with Gasteiger partial charge in [0.15, 0.2) is 5.78 Å². The van der Waals surface area contributed by atoms with Crippen LogP contribution in [0.4, 0.5) is 13.2 Å². The molecule has 1 aromatic rings. The van der Waals surface area contributed by atoms with Crippen LogP contribution in [0.15, 0.2) is 24.3 Å². The van der Waals surface area contributed by atoms with Crippen molar-refractivity contribution in [2.24, 2.45) is 0 Å². The Morgan fingerprint density at radius 1 is 1.16 bits per heavy atom. The molecule has 1 aromatic carbocycles. The number of alkyl halides is 4. The zero-order chi connectivity index (χ0) is 14.5. The molecule has 0 aliphatic heterocycles. The molecule has 19 heavy (non-hydrogen) atoms. The third-order valence-corrected chi connectivity index (χ3v) is 2.86. The number of hydrogen-bond acceptors (Lipinski definition) is 2. The average molecular weight is 338 g/mol. The lowest BCUT2D eigenvalue weighted by Gasteiger charge is -2.08. The minimum absolute atomic E-state index is 0.0723. The first-order valence-corrected chi connectivity index (χ1v) is 6.50. The van der Waals surface area contributed by atoms with Crippen LogP contribution < -0.4 is 5.32 Å². The van der Waals surface area contributed by atoms with Crippen LogP contribution in [0.3, 0.4) is 0 Å². The quantitative estimate of drug-likeness (QED) is 0.662. The van der Waals surface area contributed by atoms with Crippen LogP contribution in [0.1, 0.15) is 15.9 Å². The van der Waals surface area contributed by atoms with Crippen molar-refractivity contribution in [1.82, 2.24) is 5.32 Å². The molecule has 0 aromatic heterocycles. The molecule has 1 rings (SSSR count). The van der Waals surface area contributed by atoms with Gasteiger partial charge in [-0.25, -0.2) is 0 Å². The second-order valence-corrected chi connectivity index (χ2v) is 4.32. The van der Waals surface area contributed by atoms with Gasteiger partial charge in [0.2, 0.25) is 0 Å². The molecule has 3 nitrogen and oxygen atoms in total. The van der Waals surface area contributed by atoms with Crippen LogP contribution in [-0.4, -0.2) is 29.7 Å². The molecule has 104 valence electrons. The fraction of sp³-hybridized carbons (Fsp3) is 0.333. The predicted molar refractivity (Wildman–Crippen MR) is 67.3 cm³/mol. The van der Waals surface area contributed by atoms with Gasteiger partial charge in [-0.05, 0) is 12.0 Å². The number of benzene rings is 1. The fourth-order valence-electron chi connectivity index (χ4n) is 1.36. The summed E-state index contributed by atoms with van der Waals surface area (Å²) in [5.74, 6) is -2.02. The second kappa shape index (κ2) is 6.70. The first kappa shape index (κ1) is 15.7. The van der Waals surface area contributed by atoms with Crippen LogP contribution in [0.5, 0.6) is 0 Å². The summed E-state index contributed by atoms with van der Waals surface area (Å²) in [7, 11) is 0. The highest BCUT2D eigenvalue weighted by molar-refractivity contribution is 9.09. The number of Topliss-reactive ketones (excluding diaryl/α,β-unsaturated/α-hetero) is 1. The largest absolute Gasteiger partial charge is 0.471 e. The summed E-state index contributed by atoms with van der Waals surface area (Å²) >= 11 is 3.04. The van der Waals surface area contributed by atoms with Crippen molar-refractivity contribution in [3.63, 3.8) is 0 Å². The van der Waals surface area contributed by atoms with Gasteiger partial charge in [-0.3, -0.25) is 9.59 Å². The molecule has 7 heteroatoms. The van der Waals surface area contributed by atoms with Gasteiger partial charge >= 0.3 is 12.1 Å². The first-order chi connectivity index (χ1) is 8.84. The molecule has 0 fully saturated rings. The van der Waals surface area contributed by atoms with E-state index in [1.54, 1.807) is 29.6 Å². The molecule has 0 atom stereocenters. The third-order valence-electron chi connectivity index (χ3n) is 2.35. The van der Waals surface area contributed by atoms with Crippen molar-refractivity contribution in [3.8, 4) is 0 Å². The first-order valence-electron chi connectivity index (χ1n) is 5.37. The topological polar surface area (TPSA) is 46.2 Å². The summed E-state index contributed by atoms with van der Waals surface area (Å²) in [4.78, 5) is 21.9. The molecule has 0 unspecified atom stereocenters. The molecule has 0 spiro atoms. The highest BCUT2D eigenvalue weighted by Gasteiger charge is 2.38. The van der Waals surface area contributed by atoms with Gasteiger partial charge in [0.05, 0.1) is 5.33 Å². The maximum Gasteiger partial charge on any atom is 0.471 e. The Morgan fingerprint density at radius 2 is 1.74 bits per heavy atom. The van der Waals surface area contributed by atoms with Crippen LogP contribution in [0, 0.1) is 0 Å². The Morgan fingerprint density at radius 3 is 2.21 bits per heavy atom. The zero-order valence-electron chi connectivity index (χ0n) is 9.76. The van der Waals surface area contributed by atoms with Crippen LogP contribution in [0.2, 0.25) is 0 Å². The van der Waals surface area contributed by atoms with Crippen LogP contribution in [0.25, 0.3) is 0 Å². The number of halogens is 4. The second-order valence-electron chi connectivity index (χ2n) is 3.76. The zero-order valence-corrected chi connectivity index (χ0v) is 11.3. The van der Waals surface area contributed by atoms with Crippen molar-refractivity contribution in [2.45, 2.75) is 12.6 Å². The lowest BCUT2D eigenvalue weighted by atomic mass is 10.1. The molecule has 0 radical (unpaired) electrons. The number of carbonyl (C=O) groups is 2. The van der Waals surface area contributed by atoms with E-state index in [-0.39, 0.29) is 24.1 Å². The van der Waals surface area contributed by atoms with E-state index in [1.165, 1.54) is 0 Å². The number of carbonyl (C=O) groups excluding carboxylic acids is 2. The Bertz CT molecular complexity index is 457. The smallest absolute Gasteiger partial charge is 0.348 e. The van der Waals surface area contributed by atoms with Gasteiger partial charge in [-0.15, -0.1) is 0 Å². The van der Waals surface area contributed by atoms with E-state index in [2.05, 4.69) is 15.9 Å². The molecular formula is C12H11BrF3NO2. The summed E-state index contributed by atoms with van der Waals surface area (Å²) in [5, 5.41) is 2.00. The monoisotopic (exact) mass is 337 g/mol. The molecule has 1 N–H and O–H groups in total. The van der Waals surface area contributed by atoms with Gasteiger partial charge in [0.25, 0.3) is 0 Å². The maximum atomic E-state index is 11.9. The van der Waals surface area contributed by atoms with Gasteiger partial charge in [0, 0.05) is 12.1 Å². The summed E-state index contributed by atoms with van der Waals surface area (Å²) in [6.07, 6.45) is -4.59. The van der Waals surface area contributed by atoms with Gasteiger partial charge in [-0.1, -0.05) is 40.2 Å². The van der Waals surface area contributed by atoms with E-state index >= 15 is 0 Å². The van der Waals surface area contributed by atoms with E-state index in [0.29, 0.717) is 5.56 Å². The number of rotatable bonds is 5. The van der Waals surface area contributed by atoms with Gasteiger partial charge in [0.1, 0.15) is 0 Å². The Hall–Kier alpha value is -1.37. The summed E-state index contributed by atoms with van der Waals surface area (Å²) in [6, 6.07) is 6.50. The highest BCUT2D eigenvalue weighted by Crippen LogP contribution is 2.14. The van der Waals surface area contributed by atoms with Crippen molar-refractivity contribution in [3.05, 3.63) is 35.4 Å². The maximum absolute atomic E-state index is 11.9. The summed E-state index contributed by atoms with van der Waals surface area (Å²) < 4.78 is 35.7. The molecule has 0 bridgehead atoms. The number of hydrogen-bond donors (Lipinski definition) is 1. The molecule has 0 saturated heterocycles. The van der Waals surface area contributed by atoms with Crippen molar-refractivity contribution in [1.29, 1.82) is 0 Å². The van der Waals surface area contributed by atoms with Crippen molar-refractivity contribution in [2.75, 3.05) is 11.9 Å².